The number of alkyl halides is 3. The Kier molecular flexibility index (Phi) is 3.13. The molecule has 0 bridgehead atoms. The number of hydrogen-bond donors (Lipinski definition) is 2. The van der Waals surface area contributed by atoms with Gasteiger partial charge in [-0.05, 0) is 24.6 Å². The van der Waals surface area contributed by atoms with Crippen molar-refractivity contribution in [3.05, 3.63) is 35.4 Å². The van der Waals surface area contributed by atoms with Crippen molar-refractivity contribution in [2.45, 2.75) is 19.1 Å². The molecule has 2 N–H and O–H groups in total. The van der Waals surface area contributed by atoms with Crippen LogP contribution < -0.4 is 5.48 Å². The molecular weight excluding hydrogens is 195 g/mol. The van der Waals surface area contributed by atoms with Crippen LogP contribution in [0.4, 0.5) is 13.2 Å². The van der Waals surface area contributed by atoms with Gasteiger partial charge in [-0.1, -0.05) is 12.1 Å². The lowest BCUT2D eigenvalue weighted by atomic mass is 10.1. The Morgan fingerprint density at radius 1 is 1.21 bits per heavy atom. The van der Waals surface area contributed by atoms with Crippen molar-refractivity contribution < 1.29 is 18.4 Å². The Labute approximate surface area is 79.3 Å². The zero-order valence-electron chi connectivity index (χ0n) is 7.47. The highest BCUT2D eigenvalue weighted by molar-refractivity contribution is 5.26. The average Bonchev–Trinajstić information content (AvgIpc) is 2.15. The van der Waals surface area contributed by atoms with Gasteiger partial charge < -0.3 is 5.21 Å². The number of hydrogen-bond acceptors (Lipinski definition) is 2. The van der Waals surface area contributed by atoms with Gasteiger partial charge in [-0.2, -0.15) is 18.7 Å². The Bertz CT molecular complexity index is 294. The summed E-state index contributed by atoms with van der Waals surface area (Å²) in [6.45, 7) is 1.64. The van der Waals surface area contributed by atoms with E-state index in [9.17, 15) is 13.2 Å². The maximum atomic E-state index is 12.1. The fourth-order valence-electron chi connectivity index (χ4n) is 1.04. The Morgan fingerprint density at radius 3 is 2.07 bits per heavy atom. The van der Waals surface area contributed by atoms with E-state index in [1.807, 2.05) is 5.48 Å². The molecule has 0 aromatic heterocycles. The van der Waals surface area contributed by atoms with Crippen molar-refractivity contribution in [3.63, 3.8) is 0 Å². The van der Waals surface area contributed by atoms with E-state index in [2.05, 4.69) is 0 Å². The van der Waals surface area contributed by atoms with E-state index in [4.69, 9.17) is 5.21 Å². The predicted molar refractivity (Wildman–Crippen MR) is 44.8 cm³/mol. The van der Waals surface area contributed by atoms with Gasteiger partial charge in [-0.3, -0.25) is 0 Å². The summed E-state index contributed by atoms with van der Waals surface area (Å²) in [5.74, 6) is 0. The fourth-order valence-corrected chi connectivity index (χ4v) is 1.04. The van der Waals surface area contributed by atoms with Crippen LogP contribution in [0.1, 0.15) is 24.1 Å². The molecule has 2 nitrogen and oxygen atoms in total. The van der Waals surface area contributed by atoms with E-state index in [-0.39, 0.29) is 6.04 Å². The van der Waals surface area contributed by atoms with Crippen LogP contribution in [0.25, 0.3) is 0 Å². The molecule has 1 atom stereocenters. The fraction of sp³-hybridized carbons (Fsp3) is 0.333. The van der Waals surface area contributed by atoms with E-state index < -0.39 is 11.7 Å². The third-order valence-corrected chi connectivity index (χ3v) is 1.93. The van der Waals surface area contributed by atoms with Crippen molar-refractivity contribution >= 4 is 0 Å². The standard InChI is InChI=1S/C9H10F3NO/c1-6(13-14)7-2-4-8(5-3-7)9(10,11)12/h2-6,13-14H,1H3/t6-/m0/s1. The molecule has 0 saturated heterocycles. The van der Waals surface area contributed by atoms with Gasteiger partial charge in [0, 0.05) is 0 Å². The first-order chi connectivity index (χ1) is 6.45. The normalized spacial score (nSPS) is 14.1. The van der Waals surface area contributed by atoms with E-state index in [0.29, 0.717) is 5.56 Å². The molecule has 0 unspecified atom stereocenters. The van der Waals surface area contributed by atoms with Crippen LogP contribution in [0.15, 0.2) is 24.3 Å². The second-order valence-electron chi connectivity index (χ2n) is 2.97. The van der Waals surface area contributed by atoms with Crippen LogP contribution in [0, 0.1) is 0 Å². The number of nitrogens with one attached hydrogen (secondary N) is 1. The first kappa shape index (κ1) is 11.0. The summed E-state index contributed by atoms with van der Waals surface area (Å²) >= 11 is 0. The first-order valence-corrected chi connectivity index (χ1v) is 4.02. The van der Waals surface area contributed by atoms with Crippen molar-refractivity contribution in [1.82, 2.24) is 5.48 Å². The number of hydroxylamine groups is 1. The molecule has 0 aliphatic heterocycles. The van der Waals surface area contributed by atoms with E-state index in [1.165, 1.54) is 12.1 Å². The molecule has 78 valence electrons. The lowest BCUT2D eigenvalue weighted by Gasteiger charge is -2.11. The highest BCUT2D eigenvalue weighted by atomic mass is 19.4. The molecule has 0 spiro atoms. The zero-order chi connectivity index (χ0) is 10.8. The van der Waals surface area contributed by atoms with Gasteiger partial charge >= 0.3 is 6.18 Å². The minimum absolute atomic E-state index is 0.378. The van der Waals surface area contributed by atoms with Gasteiger partial charge in [-0.15, -0.1) is 0 Å². The van der Waals surface area contributed by atoms with Gasteiger partial charge in [-0.25, -0.2) is 0 Å². The highest BCUT2D eigenvalue weighted by Gasteiger charge is 2.30. The lowest BCUT2D eigenvalue weighted by molar-refractivity contribution is -0.137. The number of halogens is 3. The van der Waals surface area contributed by atoms with Crippen LogP contribution in [0.2, 0.25) is 0 Å². The summed E-state index contributed by atoms with van der Waals surface area (Å²) in [6.07, 6.45) is -4.31. The molecule has 0 aliphatic carbocycles. The van der Waals surface area contributed by atoms with E-state index >= 15 is 0 Å². The zero-order valence-corrected chi connectivity index (χ0v) is 7.47. The number of rotatable bonds is 2. The molecule has 0 fully saturated rings. The molecular formula is C9H10F3NO. The molecule has 0 radical (unpaired) electrons. The molecule has 5 heteroatoms. The quantitative estimate of drug-likeness (QED) is 0.727. The second kappa shape index (κ2) is 3.98. The van der Waals surface area contributed by atoms with Crippen LogP contribution in [-0.2, 0) is 6.18 Å². The van der Waals surface area contributed by atoms with Crippen molar-refractivity contribution in [3.8, 4) is 0 Å². The summed E-state index contributed by atoms with van der Waals surface area (Å²) in [5.41, 5.74) is 1.87. The third-order valence-electron chi connectivity index (χ3n) is 1.93. The maximum absolute atomic E-state index is 12.1. The third kappa shape index (κ3) is 2.46. The summed E-state index contributed by atoms with van der Waals surface area (Å²) in [4.78, 5) is 0. The van der Waals surface area contributed by atoms with Gasteiger partial charge in [0.2, 0.25) is 0 Å². The predicted octanol–water partition coefficient (Wildman–Crippen LogP) is 2.75. The molecule has 1 rings (SSSR count). The van der Waals surface area contributed by atoms with Crippen LogP contribution in [0.3, 0.4) is 0 Å². The minimum Gasteiger partial charge on any atom is -0.316 e. The Hall–Kier alpha value is -1.07. The largest absolute Gasteiger partial charge is 0.416 e. The molecule has 0 saturated carbocycles. The summed E-state index contributed by atoms with van der Waals surface area (Å²) in [7, 11) is 0. The van der Waals surface area contributed by atoms with Crippen molar-refractivity contribution in [1.29, 1.82) is 0 Å². The van der Waals surface area contributed by atoms with Crippen LogP contribution in [-0.4, -0.2) is 5.21 Å². The molecule has 0 heterocycles. The summed E-state index contributed by atoms with van der Waals surface area (Å²) in [5, 5.41) is 8.55. The van der Waals surface area contributed by atoms with E-state index in [1.54, 1.807) is 6.92 Å². The summed E-state index contributed by atoms with van der Waals surface area (Å²) in [6, 6.07) is 4.26. The first-order valence-electron chi connectivity index (χ1n) is 4.02. The molecule has 0 amide bonds. The SMILES string of the molecule is C[C@H](NO)c1ccc(C(F)(F)F)cc1. The lowest BCUT2D eigenvalue weighted by Crippen LogP contribution is -2.13. The number of benzene rings is 1. The van der Waals surface area contributed by atoms with Gasteiger partial charge in [0.05, 0.1) is 11.6 Å². The minimum atomic E-state index is -4.31. The van der Waals surface area contributed by atoms with E-state index in [0.717, 1.165) is 12.1 Å². The Morgan fingerprint density at radius 2 is 1.71 bits per heavy atom. The molecule has 1 aromatic rings. The van der Waals surface area contributed by atoms with Crippen LogP contribution in [0.5, 0.6) is 0 Å². The topological polar surface area (TPSA) is 32.3 Å². The molecule has 14 heavy (non-hydrogen) atoms. The molecule has 0 aliphatic rings. The molecule has 1 aromatic carbocycles. The average molecular weight is 205 g/mol. The van der Waals surface area contributed by atoms with Crippen LogP contribution >= 0.6 is 0 Å². The van der Waals surface area contributed by atoms with Gasteiger partial charge in [0.25, 0.3) is 0 Å². The maximum Gasteiger partial charge on any atom is 0.416 e. The highest BCUT2D eigenvalue weighted by Crippen LogP contribution is 2.29. The van der Waals surface area contributed by atoms with Crippen molar-refractivity contribution in [2.75, 3.05) is 0 Å². The van der Waals surface area contributed by atoms with Gasteiger partial charge in [0.1, 0.15) is 0 Å². The van der Waals surface area contributed by atoms with Crippen molar-refractivity contribution in [2.24, 2.45) is 0 Å². The Balaban J connectivity index is 2.89. The second-order valence-corrected chi connectivity index (χ2v) is 2.97. The smallest absolute Gasteiger partial charge is 0.316 e. The monoisotopic (exact) mass is 205 g/mol. The van der Waals surface area contributed by atoms with Gasteiger partial charge in [0.15, 0.2) is 0 Å². The summed E-state index contributed by atoms with van der Waals surface area (Å²) < 4.78 is 36.4.